The minimum Gasteiger partial charge on any atom is -0.345 e. The molecule has 0 saturated carbocycles. The molecule has 3 N–H and O–H groups in total. The molecule has 26 heavy (non-hydrogen) atoms. The Labute approximate surface area is 150 Å². The Balaban J connectivity index is 2.06. The molecule has 1 aromatic carbocycles. The number of amides is 2. The van der Waals surface area contributed by atoms with Gasteiger partial charge in [0, 0.05) is 17.1 Å². The van der Waals surface area contributed by atoms with Gasteiger partial charge in [-0.1, -0.05) is 12.1 Å². The predicted molar refractivity (Wildman–Crippen MR) is 92.5 cm³/mol. The van der Waals surface area contributed by atoms with E-state index in [1.54, 1.807) is 0 Å². The molecular weight excluding hydrogens is 347 g/mol. The van der Waals surface area contributed by atoms with Crippen LogP contribution >= 0.6 is 0 Å². The van der Waals surface area contributed by atoms with Crippen LogP contribution in [0.5, 0.6) is 0 Å². The van der Waals surface area contributed by atoms with Crippen LogP contribution in [0.4, 0.5) is 18.9 Å². The van der Waals surface area contributed by atoms with E-state index in [-0.39, 0.29) is 17.1 Å². The molecule has 0 aliphatic carbocycles. The van der Waals surface area contributed by atoms with Crippen molar-refractivity contribution >= 4 is 17.5 Å². The Morgan fingerprint density at radius 3 is 2.12 bits per heavy atom. The van der Waals surface area contributed by atoms with E-state index in [4.69, 9.17) is 0 Å². The normalized spacial score (nSPS) is 19.7. The van der Waals surface area contributed by atoms with Crippen LogP contribution in [0, 0.1) is 0 Å². The molecular formula is C18H24F3N3O2. The third kappa shape index (κ3) is 5.20. The summed E-state index contributed by atoms with van der Waals surface area (Å²) in [7, 11) is 0. The summed E-state index contributed by atoms with van der Waals surface area (Å²) in [4.78, 5) is 24.3. The molecule has 1 fully saturated rings. The highest BCUT2D eigenvalue weighted by Gasteiger charge is 2.39. The van der Waals surface area contributed by atoms with Crippen LogP contribution in [0.2, 0.25) is 0 Å². The molecule has 0 atom stereocenters. The number of anilines is 1. The number of hydrogen-bond acceptors (Lipinski definition) is 3. The minimum absolute atomic E-state index is 0.237. The Kier molecular flexibility index (Phi) is 5.37. The van der Waals surface area contributed by atoms with Gasteiger partial charge in [0.05, 0.1) is 11.3 Å². The Bertz CT molecular complexity index is 683. The van der Waals surface area contributed by atoms with Gasteiger partial charge in [-0.3, -0.25) is 9.59 Å². The zero-order valence-corrected chi connectivity index (χ0v) is 15.3. The highest BCUT2D eigenvalue weighted by Crippen LogP contribution is 2.34. The van der Waals surface area contributed by atoms with Gasteiger partial charge in [0.1, 0.15) is 0 Å². The molecule has 1 aliphatic heterocycles. The maximum atomic E-state index is 13.0. The lowest BCUT2D eigenvalue weighted by atomic mass is 9.79. The van der Waals surface area contributed by atoms with Crippen molar-refractivity contribution < 1.29 is 22.8 Å². The third-order valence-corrected chi connectivity index (χ3v) is 4.21. The molecule has 0 spiro atoms. The second-order valence-electron chi connectivity index (χ2n) is 7.97. The lowest BCUT2D eigenvalue weighted by Gasteiger charge is -2.46. The first-order valence-corrected chi connectivity index (χ1v) is 8.36. The maximum Gasteiger partial charge on any atom is 0.418 e. The number of rotatable bonds is 2. The molecule has 144 valence electrons. The highest BCUT2D eigenvalue weighted by atomic mass is 19.4. The third-order valence-electron chi connectivity index (χ3n) is 4.21. The number of nitrogens with one attached hydrogen (secondary N) is 3. The number of carbonyl (C=O) groups excluding carboxylic acids is 2. The summed E-state index contributed by atoms with van der Waals surface area (Å²) in [5, 5.41) is 8.15. The molecule has 1 aromatic rings. The monoisotopic (exact) mass is 371 g/mol. The molecule has 0 aromatic heterocycles. The average molecular weight is 371 g/mol. The van der Waals surface area contributed by atoms with Gasteiger partial charge in [0.15, 0.2) is 0 Å². The fourth-order valence-corrected chi connectivity index (χ4v) is 3.69. The van der Waals surface area contributed by atoms with Gasteiger partial charge in [-0.2, -0.15) is 13.2 Å². The van der Waals surface area contributed by atoms with Crippen molar-refractivity contribution in [2.75, 3.05) is 5.32 Å². The van der Waals surface area contributed by atoms with Crippen molar-refractivity contribution in [3.63, 3.8) is 0 Å². The van der Waals surface area contributed by atoms with Gasteiger partial charge in [0.25, 0.3) is 0 Å². The van der Waals surface area contributed by atoms with Crippen LogP contribution in [0.25, 0.3) is 0 Å². The van der Waals surface area contributed by atoms with E-state index >= 15 is 0 Å². The topological polar surface area (TPSA) is 70.2 Å². The zero-order valence-electron chi connectivity index (χ0n) is 15.3. The zero-order chi connectivity index (χ0) is 19.8. The number of carbonyl (C=O) groups is 2. The van der Waals surface area contributed by atoms with Crippen molar-refractivity contribution in [2.24, 2.45) is 0 Å². The van der Waals surface area contributed by atoms with Crippen molar-refractivity contribution in [3.8, 4) is 0 Å². The van der Waals surface area contributed by atoms with E-state index < -0.39 is 29.2 Å². The number of piperidine rings is 1. The number of alkyl halides is 3. The molecule has 1 aliphatic rings. The summed E-state index contributed by atoms with van der Waals surface area (Å²) in [5.74, 6) is -2.06. The first kappa shape index (κ1) is 20.2. The van der Waals surface area contributed by atoms with Crippen molar-refractivity contribution in [3.05, 3.63) is 29.8 Å². The molecule has 8 heteroatoms. The number of halogens is 3. The lowest BCUT2D eigenvalue weighted by Crippen LogP contribution is -2.62. The summed E-state index contributed by atoms with van der Waals surface area (Å²) in [6.07, 6.45) is -3.41. The molecule has 0 bridgehead atoms. The Morgan fingerprint density at radius 1 is 1.04 bits per heavy atom. The molecule has 2 amide bonds. The highest BCUT2D eigenvalue weighted by molar-refractivity contribution is 6.39. The van der Waals surface area contributed by atoms with Crippen molar-refractivity contribution in [2.45, 2.75) is 63.8 Å². The summed E-state index contributed by atoms with van der Waals surface area (Å²) >= 11 is 0. The van der Waals surface area contributed by atoms with E-state index in [9.17, 15) is 22.8 Å². The Hall–Kier alpha value is -2.09. The van der Waals surface area contributed by atoms with Crippen LogP contribution in [0.3, 0.4) is 0 Å². The van der Waals surface area contributed by atoms with Crippen LogP contribution in [0.15, 0.2) is 24.3 Å². The SMILES string of the molecule is CC1(C)CC(NC(=O)C(=O)Nc2ccccc2C(F)(F)F)CC(C)(C)N1. The van der Waals surface area contributed by atoms with Crippen LogP contribution in [-0.4, -0.2) is 28.9 Å². The van der Waals surface area contributed by atoms with Gasteiger partial charge < -0.3 is 16.0 Å². The largest absolute Gasteiger partial charge is 0.418 e. The smallest absolute Gasteiger partial charge is 0.345 e. The summed E-state index contributed by atoms with van der Waals surface area (Å²) in [5.41, 5.74) is -1.91. The second-order valence-corrected chi connectivity index (χ2v) is 7.97. The van der Waals surface area contributed by atoms with E-state index in [2.05, 4.69) is 16.0 Å². The minimum atomic E-state index is -4.62. The maximum absolute atomic E-state index is 13.0. The van der Waals surface area contributed by atoms with Crippen LogP contribution < -0.4 is 16.0 Å². The van der Waals surface area contributed by atoms with E-state index in [1.807, 2.05) is 27.7 Å². The van der Waals surface area contributed by atoms with E-state index in [0.717, 1.165) is 12.1 Å². The first-order chi connectivity index (χ1) is 11.8. The standard InChI is InChI=1S/C18H24F3N3O2/c1-16(2)9-11(10-17(3,4)24-16)22-14(25)15(26)23-13-8-6-5-7-12(13)18(19,20)21/h5-8,11,24H,9-10H2,1-4H3,(H,22,25)(H,23,26). The van der Waals surface area contributed by atoms with Crippen LogP contribution in [-0.2, 0) is 15.8 Å². The Morgan fingerprint density at radius 2 is 1.58 bits per heavy atom. The van der Waals surface area contributed by atoms with Gasteiger partial charge in [0.2, 0.25) is 0 Å². The van der Waals surface area contributed by atoms with E-state index in [1.165, 1.54) is 12.1 Å². The van der Waals surface area contributed by atoms with Crippen LogP contribution in [0.1, 0.15) is 46.1 Å². The summed E-state index contributed by atoms with van der Waals surface area (Å²) < 4.78 is 39.0. The molecule has 2 rings (SSSR count). The number of benzene rings is 1. The second kappa shape index (κ2) is 6.90. The molecule has 5 nitrogen and oxygen atoms in total. The van der Waals surface area contributed by atoms with Gasteiger partial charge in [-0.15, -0.1) is 0 Å². The van der Waals surface area contributed by atoms with Crippen molar-refractivity contribution in [1.29, 1.82) is 0 Å². The molecule has 1 saturated heterocycles. The first-order valence-electron chi connectivity index (χ1n) is 8.36. The van der Waals surface area contributed by atoms with Gasteiger partial charge >= 0.3 is 18.0 Å². The van der Waals surface area contributed by atoms with Gasteiger partial charge in [-0.05, 0) is 52.7 Å². The fraction of sp³-hybridized carbons (Fsp3) is 0.556. The average Bonchev–Trinajstić information content (AvgIpc) is 2.43. The molecule has 1 heterocycles. The lowest BCUT2D eigenvalue weighted by molar-refractivity contribution is -0.138. The van der Waals surface area contributed by atoms with Gasteiger partial charge in [-0.25, -0.2) is 0 Å². The molecule has 0 unspecified atom stereocenters. The quantitative estimate of drug-likeness (QED) is 0.700. The van der Waals surface area contributed by atoms with E-state index in [0.29, 0.717) is 12.8 Å². The molecule has 0 radical (unpaired) electrons. The fourth-order valence-electron chi connectivity index (χ4n) is 3.69. The number of hydrogen-bond donors (Lipinski definition) is 3. The summed E-state index contributed by atoms with van der Waals surface area (Å²) in [6, 6.07) is 4.30. The van der Waals surface area contributed by atoms with Crippen molar-refractivity contribution in [1.82, 2.24) is 10.6 Å². The summed E-state index contributed by atoms with van der Waals surface area (Å²) in [6.45, 7) is 7.97. The number of para-hydroxylation sites is 1. The predicted octanol–water partition coefficient (Wildman–Crippen LogP) is 3.07.